The molecule has 30 nitrogen and oxygen atoms in total. The highest BCUT2D eigenvalue weighted by Gasteiger charge is 2.55. The van der Waals surface area contributed by atoms with Gasteiger partial charge in [0.1, 0.15) is 66.5 Å². The number of morpholine rings is 1. The van der Waals surface area contributed by atoms with Gasteiger partial charge in [0.25, 0.3) is 5.91 Å². The van der Waals surface area contributed by atoms with Gasteiger partial charge in [0, 0.05) is 67.7 Å². The molecule has 4 N–H and O–H groups in total. The van der Waals surface area contributed by atoms with Crippen LogP contribution >= 0.6 is 11.8 Å². The number of carbonyl (C=O) groups is 11. The number of unbranched alkanes of at least 4 members (excludes halogenated alkanes) is 2. The maximum atomic E-state index is 15.5. The number of likely N-dealkylation sites (N-methyl/N-ethyl adjacent to an activating group) is 6. The molecule has 3 aliphatic rings. The quantitative estimate of drug-likeness (QED) is 0.0834. The van der Waals surface area contributed by atoms with Gasteiger partial charge in [0.05, 0.1) is 25.0 Å². The molecule has 596 valence electrons. The van der Waals surface area contributed by atoms with E-state index in [9.17, 15) is 19.2 Å². The number of thioether (sulfide) groups is 1. The fraction of sp³-hybridized carbons (Fsp3) is 0.760. The fourth-order valence-corrected chi connectivity index (χ4v) is 14.7. The minimum absolute atomic E-state index is 0.0309. The SMILES string of the molecule is CC[C@@H]1NC(=O)[C@@H]2[C@@H]([C@H](C)CCCCSc3nnnn3-c3ccccc3)ON2C(=O)[C@H](C(C)C)N(C)C(=O)[C@H](CC(C)C)N(C)C(=O)[C@H](CC(C)C)N(C)C(=O)[C@@H](C)NC(=O)[C@H](C)NC(=O)[C@H](CC(C)C)N(C)C(=O)[C@H](C(C)C)NC(=O)[C@H]([C@@H](C)OCCCCN2CCOCC2)N(C)C(=O)[C@@H](C)N(C)C1=O. The number of benzene rings is 1. The lowest BCUT2D eigenvalue weighted by Crippen LogP contribution is -2.72. The molecule has 1 aromatic heterocycles. The van der Waals surface area contributed by atoms with E-state index in [1.807, 2.05) is 78.8 Å². The number of hydrogen-bond donors (Lipinski definition) is 4. The van der Waals surface area contributed by atoms with Crippen LogP contribution in [-0.2, 0) is 67.1 Å². The van der Waals surface area contributed by atoms with E-state index in [2.05, 4.69) is 41.7 Å². The van der Waals surface area contributed by atoms with E-state index in [1.165, 1.54) is 104 Å². The molecule has 0 unspecified atom stereocenters. The second kappa shape index (κ2) is 41.8. The first kappa shape index (κ1) is 89.3. The van der Waals surface area contributed by atoms with Crippen LogP contribution in [0.5, 0.6) is 0 Å². The van der Waals surface area contributed by atoms with E-state index in [1.54, 1.807) is 46.2 Å². The van der Waals surface area contributed by atoms with Crippen molar-refractivity contribution in [3.05, 3.63) is 30.3 Å². The van der Waals surface area contributed by atoms with Gasteiger partial charge in [-0.2, -0.15) is 4.68 Å². The van der Waals surface area contributed by atoms with E-state index in [4.69, 9.17) is 14.3 Å². The van der Waals surface area contributed by atoms with Gasteiger partial charge in [-0.1, -0.05) is 119 Å². The van der Waals surface area contributed by atoms with E-state index < -0.39 is 155 Å². The molecule has 4 heterocycles. The van der Waals surface area contributed by atoms with Crippen LogP contribution in [0.1, 0.15) is 169 Å². The zero-order chi connectivity index (χ0) is 79.3. The van der Waals surface area contributed by atoms with Crippen LogP contribution in [-0.4, -0.2) is 291 Å². The number of nitrogens with zero attached hydrogens (tertiary/aromatic N) is 12. The molecule has 31 heteroatoms. The van der Waals surface area contributed by atoms with Gasteiger partial charge in [-0.3, -0.25) is 62.5 Å². The summed E-state index contributed by atoms with van der Waals surface area (Å²) >= 11 is 1.49. The molecule has 3 saturated heterocycles. The number of nitrogens with one attached hydrogen (secondary N) is 4. The van der Waals surface area contributed by atoms with Crippen LogP contribution in [0.15, 0.2) is 35.5 Å². The first-order chi connectivity index (χ1) is 49.9. The van der Waals surface area contributed by atoms with E-state index in [-0.39, 0.29) is 56.0 Å². The third-order valence-electron chi connectivity index (χ3n) is 20.5. The Morgan fingerprint density at radius 1 is 0.547 bits per heavy atom. The van der Waals surface area contributed by atoms with Crippen molar-refractivity contribution in [2.24, 2.45) is 35.5 Å². The summed E-state index contributed by atoms with van der Waals surface area (Å²) in [5, 5.41) is 25.2. The monoisotopic (exact) mass is 1510 g/mol. The highest BCUT2D eigenvalue weighted by molar-refractivity contribution is 7.99. The summed E-state index contributed by atoms with van der Waals surface area (Å²) < 4.78 is 13.6. The number of hydrogen-bond acceptors (Lipinski definition) is 19. The zero-order valence-electron chi connectivity index (χ0n) is 67.2. The van der Waals surface area contributed by atoms with Crippen LogP contribution in [0, 0.1) is 35.5 Å². The highest BCUT2D eigenvalue weighted by Crippen LogP contribution is 2.35. The Balaban J connectivity index is 1.58. The van der Waals surface area contributed by atoms with Gasteiger partial charge in [-0.05, 0) is 144 Å². The molecule has 11 amide bonds. The highest BCUT2D eigenvalue weighted by atomic mass is 32.2. The molecule has 1 aromatic carbocycles. The van der Waals surface area contributed by atoms with Gasteiger partial charge in [0.2, 0.25) is 64.2 Å². The lowest BCUT2D eigenvalue weighted by Gasteiger charge is -2.50. The van der Waals surface area contributed by atoms with Gasteiger partial charge >= 0.3 is 0 Å². The topological polar surface area (TPSA) is 333 Å². The Morgan fingerprint density at radius 2 is 1.10 bits per heavy atom. The summed E-state index contributed by atoms with van der Waals surface area (Å²) in [6.45, 7) is 31.8. The third kappa shape index (κ3) is 23.8. The fourth-order valence-electron chi connectivity index (χ4n) is 13.8. The summed E-state index contributed by atoms with van der Waals surface area (Å²) in [6, 6.07) is -4.28. The van der Waals surface area contributed by atoms with Crippen LogP contribution in [0.3, 0.4) is 0 Å². The minimum atomic E-state index is -1.40. The number of para-hydroxylation sites is 1. The lowest BCUT2D eigenvalue weighted by molar-refractivity contribution is -0.322. The molecule has 14 atom stereocenters. The van der Waals surface area contributed by atoms with Crippen molar-refractivity contribution in [3.8, 4) is 5.69 Å². The molecule has 0 saturated carbocycles. The Labute approximate surface area is 633 Å². The smallest absolute Gasteiger partial charge is 0.270 e. The van der Waals surface area contributed by atoms with E-state index >= 15 is 33.6 Å². The number of ether oxygens (including phenoxy) is 2. The number of rotatable bonds is 24. The second-order valence-electron chi connectivity index (χ2n) is 31.0. The largest absolute Gasteiger partial charge is 0.379 e. The van der Waals surface area contributed by atoms with E-state index in [0.717, 1.165) is 43.2 Å². The molecule has 0 radical (unpaired) electrons. The van der Waals surface area contributed by atoms with Crippen molar-refractivity contribution in [1.29, 1.82) is 0 Å². The molecule has 3 aliphatic heterocycles. The molecule has 3 fully saturated rings. The van der Waals surface area contributed by atoms with Gasteiger partial charge in [0.15, 0.2) is 6.04 Å². The summed E-state index contributed by atoms with van der Waals surface area (Å²) in [6.07, 6.45) is 1.89. The maximum Gasteiger partial charge on any atom is 0.270 e. The average Bonchev–Trinajstić information content (AvgIpc) is 0.821. The Kier molecular flexibility index (Phi) is 35.2. The van der Waals surface area contributed by atoms with Gasteiger partial charge in [-0.25, -0.2) is 5.06 Å². The number of carbonyl (C=O) groups excluding carboxylic acids is 11. The third-order valence-corrected chi connectivity index (χ3v) is 21.5. The first-order valence-corrected chi connectivity index (χ1v) is 39.1. The summed E-state index contributed by atoms with van der Waals surface area (Å²) in [7, 11) is 8.67. The maximum absolute atomic E-state index is 15.5. The Morgan fingerprint density at radius 3 is 1.68 bits per heavy atom. The predicted molar refractivity (Wildman–Crippen MR) is 403 cm³/mol. The van der Waals surface area contributed by atoms with Crippen molar-refractivity contribution in [3.63, 3.8) is 0 Å². The van der Waals surface area contributed by atoms with Crippen molar-refractivity contribution < 1.29 is 67.1 Å². The molecule has 0 spiro atoms. The minimum Gasteiger partial charge on any atom is -0.379 e. The van der Waals surface area contributed by atoms with Gasteiger partial charge < -0.3 is 60.1 Å². The molecule has 2 aromatic rings. The van der Waals surface area contributed by atoms with Crippen molar-refractivity contribution in [2.75, 3.05) is 87.5 Å². The summed E-state index contributed by atoms with van der Waals surface area (Å²) in [5.41, 5.74) is 0.813. The molecule has 106 heavy (non-hydrogen) atoms. The van der Waals surface area contributed by atoms with E-state index in [0.29, 0.717) is 43.4 Å². The summed E-state index contributed by atoms with van der Waals surface area (Å²) in [4.78, 5) is 181. The number of amides is 11. The number of aromatic nitrogens is 4. The van der Waals surface area contributed by atoms with Crippen molar-refractivity contribution in [1.82, 2.24) is 80.8 Å². The molecule has 0 aliphatic carbocycles. The van der Waals surface area contributed by atoms with Crippen LogP contribution in [0.2, 0.25) is 0 Å². The molecule has 0 bridgehead atoms. The second-order valence-corrected chi connectivity index (χ2v) is 32.1. The number of tetrazole rings is 1. The number of fused-ring (bicyclic) bond motifs is 1. The first-order valence-electron chi connectivity index (χ1n) is 38.1. The Bertz CT molecular complexity index is 3250. The van der Waals surface area contributed by atoms with Crippen LogP contribution in [0.4, 0.5) is 0 Å². The van der Waals surface area contributed by atoms with Crippen LogP contribution in [0.25, 0.3) is 5.69 Å². The van der Waals surface area contributed by atoms with Crippen LogP contribution < -0.4 is 21.3 Å². The van der Waals surface area contributed by atoms with Crippen molar-refractivity contribution >= 4 is 76.7 Å². The zero-order valence-corrected chi connectivity index (χ0v) is 68.0. The molecular weight excluding hydrogens is 1380 g/mol. The normalized spacial score (nSPS) is 26.6. The lowest BCUT2D eigenvalue weighted by atomic mass is 9.89. The summed E-state index contributed by atoms with van der Waals surface area (Å²) in [5.74, 6) is -8.84. The Hall–Kier alpha value is -7.35. The number of hydroxylamine groups is 2. The predicted octanol–water partition coefficient (Wildman–Crippen LogP) is 4.42. The molecular formula is C75H126N16O14S. The molecule has 5 rings (SSSR count). The average molecular weight is 1510 g/mol. The van der Waals surface area contributed by atoms with Gasteiger partial charge in [-0.15, -0.1) is 5.10 Å². The van der Waals surface area contributed by atoms with Crippen molar-refractivity contribution in [2.45, 2.75) is 252 Å². The standard InChI is InChI=1S/C75H126N16O14S/c1-23-55-70(98)83(17)52(15)69(97)88(22)61(53(16)104-37-29-28-34-89-35-38-103-39-36-89)66(94)79-59(47(8)9)73(101)84(18)56(41-44(2)3)65(93)76-50(13)64(92)77-51(14)68(96)85(19)57(42-45(4)5)71(99)86(20)58(43-46(6)7)72(100)87(21)60(48(10)11)74(102)91-62(67(95)78-55)63(105-91)49(12)31-27-30-40-106-75-80-81-82-90(75)54-32-25-24-26-33-54/h24-26,32-33,44-53,55-63H,23,27-31,34-43H2,1-22H3,(H,76,93)(H,77,92)(H,78,95)(H,79,94)/t49-,50+,51-,52-,53-,55+,56+,57+,58+,59+,60+,61+,62+,63-/m1/s1.